The molecule has 2 aliphatic rings. The van der Waals surface area contributed by atoms with Crippen molar-refractivity contribution in [3.05, 3.63) is 99.6 Å². The standard InChI is InChI=1S/C28H23ClFN5O3S2/c29-21-6-8-22(9-7-21)40(37,38)18-25-31-23(17-39-25)26-33-32-24-16-34(14-15-35(24)26)27(36)28(30)12-10-20(11-13-28)19-4-2-1-3-5-19/h1-12,17H,13-16,18H2. The fourth-order valence-corrected chi connectivity index (χ4v) is 7.30. The van der Waals surface area contributed by atoms with Gasteiger partial charge < -0.3 is 9.47 Å². The first kappa shape index (κ1) is 26.5. The Labute approximate surface area is 239 Å². The highest BCUT2D eigenvalue weighted by Crippen LogP contribution is 2.33. The predicted octanol–water partition coefficient (Wildman–Crippen LogP) is 5.12. The van der Waals surface area contributed by atoms with Crippen molar-refractivity contribution in [3.63, 3.8) is 0 Å². The van der Waals surface area contributed by atoms with Crippen molar-refractivity contribution in [2.24, 2.45) is 0 Å². The molecule has 6 rings (SSSR count). The van der Waals surface area contributed by atoms with Crippen molar-refractivity contribution in [2.75, 3.05) is 6.54 Å². The number of carbonyl (C=O) groups is 1. The van der Waals surface area contributed by atoms with Crippen LogP contribution < -0.4 is 0 Å². The minimum atomic E-state index is -3.60. The quantitative estimate of drug-likeness (QED) is 0.307. The number of sulfone groups is 1. The summed E-state index contributed by atoms with van der Waals surface area (Å²) in [5, 5.41) is 11.1. The number of benzene rings is 2. The summed E-state index contributed by atoms with van der Waals surface area (Å²) in [5.74, 6) is 0.138. The SMILES string of the molecule is O=C(N1CCn2c(nnc2-c2csc(CS(=O)(=O)c3ccc(Cl)cc3)n2)C1)C1(F)C=CC(c2ccccc2)=CC1. The van der Waals surface area contributed by atoms with Gasteiger partial charge in [-0.1, -0.05) is 54.1 Å². The molecule has 1 unspecified atom stereocenters. The van der Waals surface area contributed by atoms with Gasteiger partial charge in [0.15, 0.2) is 21.5 Å². The van der Waals surface area contributed by atoms with Crippen LogP contribution >= 0.6 is 22.9 Å². The second kappa shape index (κ2) is 10.4. The minimum absolute atomic E-state index is 0.0401. The number of thiazole rings is 1. The maximum Gasteiger partial charge on any atom is 0.265 e. The molecule has 12 heteroatoms. The Morgan fingerprint density at radius 3 is 2.58 bits per heavy atom. The van der Waals surface area contributed by atoms with Crippen LogP contribution in [0.15, 0.2) is 83.1 Å². The van der Waals surface area contributed by atoms with E-state index in [-0.39, 0.29) is 30.2 Å². The van der Waals surface area contributed by atoms with E-state index in [9.17, 15) is 13.2 Å². The number of allylic oxidation sites excluding steroid dienone is 3. The third-order valence-electron chi connectivity index (χ3n) is 6.92. The van der Waals surface area contributed by atoms with E-state index in [0.717, 1.165) is 11.1 Å². The lowest BCUT2D eigenvalue weighted by Crippen LogP contribution is -2.48. The third kappa shape index (κ3) is 5.12. The van der Waals surface area contributed by atoms with Gasteiger partial charge in [-0.05, 0) is 41.5 Å². The molecule has 0 saturated heterocycles. The summed E-state index contributed by atoms with van der Waals surface area (Å²) >= 11 is 7.09. The monoisotopic (exact) mass is 595 g/mol. The van der Waals surface area contributed by atoms with Crippen LogP contribution in [0.1, 0.15) is 22.8 Å². The van der Waals surface area contributed by atoms with E-state index in [2.05, 4.69) is 15.2 Å². The van der Waals surface area contributed by atoms with Gasteiger partial charge in [-0.25, -0.2) is 17.8 Å². The lowest BCUT2D eigenvalue weighted by molar-refractivity contribution is -0.142. The number of alkyl halides is 1. The van der Waals surface area contributed by atoms with Gasteiger partial charge >= 0.3 is 0 Å². The fraction of sp³-hybridized carbons (Fsp3) is 0.214. The highest BCUT2D eigenvalue weighted by molar-refractivity contribution is 7.90. The zero-order chi connectivity index (χ0) is 27.9. The van der Waals surface area contributed by atoms with E-state index >= 15 is 4.39 Å². The number of amides is 1. The molecule has 1 amide bonds. The number of fused-ring (bicyclic) bond motifs is 1. The fourth-order valence-electron chi connectivity index (χ4n) is 4.77. The Morgan fingerprint density at radius 1 is 1.07 bits per heavy atom. The molecular weight excluding hydrogens is 573 g/mol. The number of rotatable bonds is 6. The molecule has 1 atom stereocenters. The summed E-state index contributed by atoms with van der Waals surface area (Å²) in [6.07, 6.45) is 4.72. The first-order chi connectivity index (χ1) is 19.2. The van der Waals surface area contributed by atoms with Crippen LogP contribution in [0.3, 0.4) is 0 Å². The van der Waals surface area contributed by atoms with E-state index in [1.165, 1.54) is 46.6 Å². The van der Waals surface area contributed by atoms with Crippen LogP contribution in [-0.4, -0.2) is 51.2 Å². The topological polar surface area (TPSA) is 98.0 Å². The molecule has 1 aliphatic carbocycles. The number of hydrogen-bond acceptors (Lipinski definition) is 7. The summed E-state index contributed by atoms with van der Waals surface area (Å²) in [6.45, 7) is 0.764. The normalized spacial score (nSPS) is 18.9. The number of carbonyl (C=O) groups excluding carboxylic acids is 1. The Balaban J connectivity index is 1.14. The molecule has 2 aromatic heterocycles. The second-order valence-electron chi connectivity index (χ2n) is 9.58. The van der Waals surface area contributed by atoms with Crippen LogP contribution in [0, 0.1) is 0 Å². The van der Waals surface area contributed by atoms with Crippen molar-refractivity contribution < 1.29 is 17.6 Å². The van der Waals surface area contributed by atoms with E-state index in [1.807, 2.05) is 34.9 Å². The average Bonchev–Trinajstić information content (AvgIpc) is 3.60. The van der Waals surface area contributed by atoms with Gasteiger partial charge in [-0.2, -0.15) is 0 Å². The van der Waals surface area contributed by atoms with Gasteiger partial charge in [0.05, 0.1) is 11.4 Å². The Hall–Kier alpha value is -3.67. The molecule has 0 fully saturated rings. The molecular formula is C28H23ClFN5O3S2. The molecule has 3 heterocycles. The third-order valence-corrected chi connectivity index (χ3v) is 9.84. The van der Waals surface area contributed by atoms with Gasteiger partial charge in [0, 0.05) is 29.9 Å². The van der Waals surface area contributed by atoms with Crippen LogP contribution in [0.4, 0.5) is 4.39 Å². The summed E-state index contributed by atoms with van der Waals surface area (Å²) in [5.41, 5.74) is 0.233. The molecule has 0 spiro atoms. The largest absolute Gasteiger partial charge is 0.330 e. The van der Waals surface area contributed by atoms with E-state index < -0.39 is 21.4 Å². The molecule has 2 aromatic carbocycles. The molecule has 40 heavy (non-hydrogen) atoms. The maximum absolute atomic E-state index is 15.7. The summed E-state index contributed by atoms with van der Waals surface area (Å²) in [6, 6.07) is 15.7. The first-order valence-electron chi connectivity index (χ1n) is 12.5. The Morgan fingerprint density at radius 2 is 1.85 bits per heavy atom. The van der Waals surface area contributed by atoms with E-state index in [0.29, 0.717) is 33.9 Å². The number of hydrogen-bond donors (Lipinski definition) is 0. The maximum atomic E-state index is 15.7. The highest BCUT2D eigenvalue weighted by Gasteiger charge is 2.41. The number of halogens is 2. The molecule has 4 aromatic rings. The van der Waals surface area contributed by atoms with Gasteiger partial charge in [0.2, 0.25) is 5.67 Å². The molecule has 204 valence electrons. The summed E-state index contributed by atoms with van der Waals surface area (Å²) in [4.78, 5) is 19.3. The second-order valence-corrected chi connectivity index (χ2v) is 13.0. The molecule has 0 radical (unpaired) electrons. The van der Waals surface area contributed by atoms with Crippen LogP contribution in [-0.2, 0) is 33.5 Å². The molecule has 8 nitrogen and oxygen atoms in total. The van der Waals surface area contributed by atoms with Crippen LogP contribution in [0.2, 0.25) is 5.02 Å². The Bertz CT molecular complexity index is 1750. The molecule has 0 N–H and O–H groups in total. The highest BCUT2D eigenvalue weighted by atomic mass is 35.5. The average molecular weight is 596 g/mol. The Kier molecular flexibility index (Phi) is 6.89. The summed E-state index contributed by atoms with van der Waals surface area (Å²) in [7, 11) is -3.60. The van der Waals surface area contributed by atoms with Gasteiger partial charge in [0.25, 0.3) is 5.91 Å². The minimum Gasteiger partial charge on any atom is -0.330 e. The predicted molar refractivity (Wildman–Crippen MR) is 151 cm³/mol. The first-order valence-corrected chi connectivity index (χ1v) is 15.4. The van der Waals surface area contributed by atoms with Crippen molar-refractivity contribution in [1.29, 1.82) is 0 Å². The molecule has 0 saturated carbocycles. The number of nitrogens with zero attached hydrogens (tertiary/aromatic N) is 5. The zero-order valence-corrected chi connectivity index (χ0v) is 23.5. The van der Waals surface area contributed by atoms with E-state index in [1.54, 1.807) is 17.5 Å². The van der Waals surface area contributed by atoms with Gasteiger partial charge in [-0.3, -0.25) is 4.79 Å². The molecule has 1 aliphatic heterocycles. The van der Waals surface area contributed by atoms with E-state index in [4.69, 9.17) is 11.6 Å². The molecule has 0 bridgehead atoms. The van der Waals surface area contributed by atoms with Crippen LogP contribution in [0.25, 0.3) is 17.1 Å². The zero-order valence-electron chi connectivity index (χ0n) is 21.1. The van der Waals surface area contributed by atoms with Crippen molar-refractivity contribution in [3.8, 4) is 11.5 Å². The van der Waals surface area contributed by atoms with Crippen molar-refractivity contribution in [2.45, 2.75) is 35.8 Å². The van der Waals surface area contributed by atoms with Crippen molar-refractivity contribution >= 4 is 44.3 Å². The van der Waals surface area contributed by atoms with Crippen LogP contribution in [0.5, 0.6) is 0 Å². The summed E-state index contributed by atoms with van der Waals surface area (Å²) < 4.78 is 43.2. The van der Waals surface area contributed by atoms with Gasteiger partial charge in [0.1, 0.15) is 16.5 Å². The lowest BCUT2D eigenvalue weighted by Gasteiger charge is -2.33. The van der Waals surface area contributed by atoms with Gasteiger partial charge in [-0.15, -0.1) is 21.5 Å². The number of aromatic nitrogens is 4. The smallest absolute Gasteiger partial charge is 0.265 e. The van der Waals surface area contributed by atoms with Crippen molar-refractivity contribution in [1.82, 2.24) is 24.6 Å². The lowest BCUT2D eigenvalue weighted by atomic mass is 9.89.